The molecule has 4 nitrogen and oxygen atoms in total. The Morgan fingerprint density at radius 1 is 1.22 bits per heavy atom. The van der Waals surface area contributed by atoms with Crippen molar-refractivity contribution in [3.63, 3.8) is 0 Å². The molecule has 18 heavy (non-hydrogen) atoms. The van der Waals surface area contributed by atoms with Crippen LogP contribution in [0.25, 0.3) is 21.8 Å². The molecule has 1 N–H and O–H groups in total. The second-order valence-corrected chi connectivity index (χ2v) is 4.44. The van der Waals surface area contributed by atoms with E-state index >= 15 is 0 Å². The van der Waals surface area contributed by atoms with Crippen molar-refractivity contribution >= 4 is 21.8 Å². The van der Waals surface area contributed by atoms with Gasteiger partial charge in [-0.05, 0) is 13.0 Å². The summed E-state index contributed by atoms with van der Waals surface area (Å²) in [6, 6.07) is 7.53. The zero-order valence-electron chi connectivity index (χ0n) is 10.6. The van der Waals surface area contributed by atoms with Crippen LogP contribution in [0, 0.1) is 6.92 Å². The summed E-state index contributed by atoms with van der Waals surface area (Å²) in [5.74, 6) is 0.818. The molecule has 0 saturated heterocycles. The first-order chi connectivity index (χ1) is 8.63. The number of aromatic nitrogens is 2. The Labute approximate surface area is 104 Å². The van der Waals surface area contributed by atoms with E-state index in [0.29, 0.717) is 0 Å². The van der Waals surface area contributed by atoms with Crippen molar-refractivity contribution in [1.29, 1.82) is 0 Å². The molecular weight excluding hydrogens is 228 g/mol. The monoisotopic (exact) mass is 242 g/mol. The minimum absolute atomic E-state index is 0.0738. The van der Waals surface area contributed by atoms with E-state index in [1.54, 1.807) is 13.2 Å². The molecule has 0 aliphatic rings. The van der Waals surface area contributed by atoms with Crippen molar-refractivity contribution in [1.82, 2.24) is 9.55 Å². The number of aryl methyl sites for hydroxylation is 2. The predicted octanol–water partition coefficient (Wildman–Crippen LogP) is 2.34. The predicted molar refractivity (Wildman–Crippen MR) is 72.3 cm³/mol. The fourth-order valence-electron chi connectivity index (χ4n) is 2.68. The lowest BCUT2D eigenvalue weighted by Crippen LogP contribution is -2.06. The van der Waals surface area contributed by atoms with Gasteiger partial charge in [0.2, 0.25) is 5.56 Å². The number of rotatable bonds is 1. The van der Waals surface area contributed by atoms with Crippen LogP contribution in [0.3, 0.4) is 0 Å². The summed E-state index contributed by atoms with van der Waals surface area (Å²) in [6.45, 7) is 1.91. The molecular formula is C14H14N2O2. The van der Waals surface area contributed by atoms with Crippen LogP contribution in [-0.4, -0.2) is 16.7 Å². The van der Waals surface area contributed by atoms with Gasteiger partial charge >= 0.3 is 0 Å². The number of benzene rings is 1. The van der Waals surface area contributed by atoms with Crippen LogP contribution in [-0.2, 0) is 7.05 Å². The van der Waals surface area contributed by atoms with E-state index in [1.807, 2.05) is 32.2 Å². The Morgan fingerprint density at radius 3 is 2.72 bits per heavy atom. The standard InChI is InChI=1S/C14H14N2O2/c1-8-13-10(7-12(17)15-8)9-5-4-6-11(18-3)14(9)16(13)2/h4-7H,1-3H3,(H,15,17). The summed E-state index contributed by atoms with van der Waals surface area (Å²) in [5.41, 5.74) is 2.85. The van der Waals surface area contributed by atoms with Gasteiger partial charge in [0.25, 0.3) is 0 Å². The molecule has 2 aromatic heterocycles. The summed E-state index contributed by atoms with van der Waals surface area (Å²) in [4.78, 5) is 14.5. The number of hydrogen-bond acceptors (Lipinski definition) is 2. The van der Waals surface area contributed by atoms with Gasteiger partial charge in [0.05, 0.1) is 18.1 Å². The molecule has 0 radical (unpaired) electrons. The Morgan fingerprint density at radius 2 is 2.00 bits per heavy atom. The normalized spacial score (nSPS) is 11.3. The summed E-state index contributed by atoms with van der Waals surface area (Å²) in [5, 5.41) is 2.01. The molecule has 2 heterocycles. The van der Waals surface area contributed by atoms with Crippen LogP contribution < -0.4 is 10.3 Å². The molecule has 92 valence electrons. The fourth-order valence-corrected chi connectivity index (χ4v) is 2.68. The lowest BCUT2D eigenvalue weighted by Gasteiger charge is -2.05. The van der Waals surface area contributed by atoms with Crippen LogP contribution in [0.15, 0.2) is 29.1 Å². The van der Waals surface area contributed by atoms with Crippen molar-refractivity contribution < 1.29 is 4.74 Å². The molecule has 0 unspecified atom stereocenters. The highest BCUT2D eigenvalue weighted by atomic mass is 16.5. The van der Waals surface area contributed by atoms with E-state index in [4.69, 9.17) is 4.74 Å². The maximum absolute atomic E-state index is 11.6. The van der Waals surface area contributed by atoms with Gasteiger partial charge in [0.15, 0.2) is 0 Å². The average molecular weight is 242 g/mol. The highest BCUT2D eigenvalue weighted by Gasteiger charge is 2.14. The number of hydrogen-bond donors (Lipinski definition) is 1. The Balaban J connectivity index is 2.66. The molecule has 0 aliphatic carbocycles. The van der Waals surface area contributed by atoms with E-state index < -0.39 is 0 Å². The van der Waals surface area contributed by atoms with Crippen molar-refractivity contribution in [3.8, 4) is 5.75 Å². The molecule has 0 aliphatic heterocycles. The number of pyridine rings is 1. The third-order valence-corrected chi connectivity index (χ3v) is 3.38. The molecule has 0 spiro atoms. The van der Waals surface area contributed by atoms with E-state index in [1.165, 1.54) is 0 Å². The number of fused-ring (bicyclic) bond motifs is 3. The maximum atomic E-state index is 11.6. The van der Waals surface area contributed by atoms with E-state index in [-0.39, 0.29) is 5.56 Å². The molecule has 1 aromatic carbocycles. The Hall–Kier alpha value is -2.23. The van der Waals surface area contributed by atoms with Crippen LogP contribution in [0.1, 0.15) is 5.69 Å². The van der Waals surface area contributed by atoms with Crippen molar-refractivity contribution in [2.45, 2.75) is 6.92 Å². The third kappa shape index (κ3) is 1.29. The molecule has 0 saturated carbocycles. The van der Waals surface area contributed by atoms with Gasteiger partial charge in [0.1, 0.15) is 5.75 Å². The highest BCUT2D eigenvalue weighted by molar-refractivity contribution is 6.10. The van der Waals surface area contributed by atoms with Crippen LogP contribution in [0.2, 0.25) is 0 Å². The van der Waals surface area contributed by atoms with Gasteiger partial charge in [-0.1, -0.05) is 12.1 Å². The van der Waals surface area contributed by atoms with Gasteiger partial charge in [-0.2, -0.15) is 0 Å². The van der Waals surface area contributed by atoms with Crippen molar-refractivity contribution in [3.05, 3.63) is 40.3 Å². The molecule has 4 heteroatoms. The Kier molecular flexibility index (Phi) is 2.20. The second-order valence-electron chi connectivity index (χ2n) is 4.44. The molecule has 0 fully saturated rings. The van der Waals surface area contributed by atoms with Crippen LogP contribution >= 0.6 is 0 Å². The molecule has 0 atom stereocenters. The van der Waals surface area contributed by atoms with Gasteiger partial charge in [0, 0.05) is 29.6 Å². The lowest BCUT2D eigenvalue weighted by molar-refractivity contribution is 0.418. The van der Waals surface area contributed by atoms with E-state index in [0.717, 1.165) is 33.2 Å². The van der Waals surface area contributed by atoms with Gasteiger partial charge in [-0.15, -0.1) is 0 Å². The minimum atomic E-state index is -0.0738. The lowest BCUT2D eigenvalue weighted by atomic mass is 10.1. The summed E-state index contributed by atoms with van der Waals surface area (Å²) >= 11 is 0. The number of ether oxygens (including phenoxy) is 1. The number of nitrogens with one attached hydrogen (secondary N) is 1. The summed E-state index contributed by atoms with van der Waals surface area (Å²) < 4.78 is 7.46. The summed E-state index contributed by atoms with van der Waals surface area (Å²) in [7, 11) is 3.64. The first kappa shape index (κ1) is 10.9. The SMILES string of the molecule is COc1cccc2c3cc(=O)[nH]c(C)c3n(C)c12. The van der Waals surface area contributed by atoms with E-state index in [2.05, 4.69) is 9.55 Å². The fraction of sp³-hybridized carbons (Fsp3) is 0.214. The average Bonchev–Trinajstić information content (AvgIpc) is 2.63. The van der Waals surface area contributed by atoms with Gasteiger partial charge < -0.3 is 14.3 Å². The number of aromatic amines is 1. The molecule has 0 bridgehead atoms. The number of methoxy groups -OCH3 is 1. The molecule has 3 aromatic rings. The first-order valence-electron chi connectivity index (χ1n) is 5.78. The maximum Gasteiger partial charge on any atom is 0.248 e. The number of nitrogens with zero attached hydrogens (tertiary/aromatic N) is 1. The van der Waals surface area contributed by atoms with Crippen molar-refractivity contribution in [2.75, 3.05) is 7.11 Å². The third-order valence-electron chi connectivity index (χ3n) is 3.38. The second kappa shape index (κ2) is 3.63. The number of H-pyrrole nitrogens is 1. The van der Waals surface area contributed by atoms with Crippen LogP contribution in [0.5, 0.6) is 5.75 Å². The van der Waals surface area contributed by atoms with Crippen molar-refractivity contribution in [2.24, 2.45) is 7.05 Å². The first-order valence-corrected chi connectivity index (χ1v) is 5.78. The molecule has 3 rings (SSSR count). The smallest absolute Gasteiger partial charge is 0.248 e. The van der Waals surface area contributed by atoms with Crippen LogP contribution in [0.4, 0.5) is 0 Å². The summed E-state index contributed by atoms with van der Waals surface area (Å²) in [6.07, 6.45) is 0. The molecule has 0 amide bonds. The van der Waals surface area contributed by atoms with Gasteiger partial charge in [-0.3, -0.25) is 4.79 Å². The zero-order chi connectivity index (χ0) is 12.9. The zero-order valence-corrected chi connectivity index (χ0v) is 10.6. The largest absolute Gasteiger partial charge is 0.495 e. The number of para-hydroxylation sites is 1. The quantitative estimate of drug-likeness (QED) is 0.712. The van der Waals surface area contributed by atoms with E-state index in [9.17, 15) is 4.79 Å². The highest BCUT2D eigenvalue weighted by Crippen LogP contribution is 2.33. The minimum Gasteiger partial charge on any atom is -0.495 e. The topological polar surface area (TPSA) is 47.0 Å². The Bertz CT molecular complexity index is 812. The van der Waals surface area contributed by atoms with Gasteiger partial charge in [-0.25, -0.2) is 0 Å².